The Labute approximate surface area is 165 Å². The first kappa shape index (κ1) is 18.7. The van der Waals surface area contributed by atoms with Crippen LogP contribution in [0.4, 0.5) is 0 Å². The minimum absolute atomic E-state index is 0.393. The largest absolute Gasteiger partial charge is 0.389 e. The highest BCUT2D eigenvalue weighted by Crippen LogP contribution is 2.46. The van der Waals surface area contributed by atoms with Crippen molar-refractivity contribution in [3.05, 3.63) is 96.1 Å². The zero-order valence-corrected chi connectivity index (χ0v) is 15.9. The van der Waals surface area contributed by atoms with Gasteiger partial charge in [0.05, 0.1) is 11.6 Å². The van der Waals surface area contributed by atoms with Gasteiger partial charge in [-0.2, -0.15) is 0 Å². The minimum Gasteiger partial charge on any atom is -0.389 e. The lowest BCUT2D eigenvalue weighted by Gasteiger charge is -2.42. The molecule has 1 saturated heterocycles. The summed E-state index contributed by atoms with van der Waals surface area (Å²) >= 11 is 0. The number of pyridine rings is 2. The fraction of sp³-hybridized carbons (Fsp3) is 0.304. The minimum atomic E-state index is -1.37. The van der Waals surface area contributed by atoms with Crippen LogP contribution in [-0.4, -0.2) is 43.8 Å². The van der Waals surface area contributed by atoms with E-state index in [9.17, 15) is 10.2 Å². The van der Waals surface area contributed by atoms with Crippen LogP contribution in [0, 0.1) is 0 Å². The Kier molecular flexibility index (Phi) is 4.98. The summed E-state index contributed by atoms with van der Waals surface area (Å²) in [5, 5.41) is 22.9. The Morgan fingerprint density at radius 3 is 2.04 bits per heavy atom. The van der Waals surface area contributed by atoms with Crippen molar-refractivity contribution in [3.8, 4) is 0 Å². The summed E-state index contributed by atoms with van der Waals surface area (Å²) in [6.07, 6.45) is 7.47. The van der Waals surface area contributed by atoms with Gasteiger partial charge in [-0.05, 0) is 31.0 Å². The van der Waals surface area contributed by atoms with E-state index in [1.54, 1.807) is 24.8 Å². The molecule has 28 heavy (non-hydrogen) atoms. The standard InChI is InChI=1S/C23H25N3O2/c1-22(27)11-14-26(17-22)21(18-7-3-2-4-8-18)23(28,19-9-5-12-24-15-19)20-10-6-13-25-16-20/h2-10,12-13,15-16,21,27-28H,11,14,17H2,1H3. The quantitative estimate of drug-likeness (QED) is 0.718. The van der Waals surface area contributed by atoms with Crippen LogP contribution in [-0.2, 0) is 5.60 Å². The van der Waals surface area contributed by atoms with E-state index in [-0.39, 0.29) is 0 Å². The predicted molar refractivity (Wildman–Crippen MR) is 107 cm³/mol. The molecule has 0 spiro atoms. The molecular formula is C23H25N3O2. The molecule has 0 aliphatic carbocycles. The van der Waals surface area contributed by atoms with Gasteiger partial charge in [-0.1, -0.05) is 42.5 Å². The number of hydrogen-bond donors (Lipinski definition) is 2. The maximum absolute atomic E-state index is 12.3. The number of aliphatic hydroxyl groups is 2. The predicted octanol–water partition coefficient (Wildman–Crippen LogP) is 2.91. The smallest absolute Gasteiger partial charge is 0.137 e. The molecule has 1 aliphatic rings. The third-order valence-electron chi connectivity index (χ3n) is 5.56. The number of hydrogen-bond acceptors (Lipinski definition) is 5. The van der Waals surface area contributed by atoms with Crippen LogP contribution in [0.1, 0.15) is 36.1 Å². The molecule has 0 radical (unpaired) electrons. The van der Waals surface area contributed by atoms with E-state index in [1.165, 1.54) is 0 Å². The van der Waals surface area contributed by atoms with Gasteiger partial charge in [0, 0.05) is 49.0 Å². The Balaban J connectivity index is 1.92. The van der Waals surface area contributed by atoms with Crippen molar-refractivity contribution in [1.29, 1.82) is 0 Å². The average Bonchev–Trinajstić information content (AvgIpc) is 3.09. The van der Waals surface area contributed by atoms with Crippen LogP contribution in [0.3, 0.4) is 0 Å². The zero-order chi connectivity index (χ0) is 19.6. The van der Waals surface area contributed by atoms with E-state index >= 15 is 0 Å². The number of likely N-dealkylation sites (tertiary alicyclic amines) is 1. The molecule has 4 rings (SSSR count). The molecule has 0 amide bonds. The second kappa shape index (κ2) is 7.43. The second-order valence-electron chi connectivity index (χ2n) is 7.78. The Morgan fingerprint density at radius 2 is 1.57 bits per heavy atom. The van der Waals surface area contributed by atoms with Crippen molar-refractivity contribution in [2.45, 2.75) is 30.6 Å². The normalized spacial score (nSPS) is 21.5. The Morgan fingerprint density at radius 1 is 0.964 bits per heavy atom. The van der Waals surface area contributed by atoms with E-state index in [4.69, 9.17) is 0 Å². The molecule has 2 aromatic heterocycles. The molecule has 2 N–H and O–H groups in total. The first-order valence-corrected chi connectivity index (χ1v) is 9.55. The molecule has 2 unspecified atom stereocenters. The average molecular weight is 375 g/mol. The summed E-state index contributed by atoms with van der Waals surface area (Å²) in [5.41, 5.74) is 0.226. The van der Waals surface area contributed by atoms with E-state index in [1.807, 2.05) is 61.5 Å². The summed E-state index contributed by atoms with van der Waals surface area (Å²) in [4.78, 5) is 10.7. The van der Waals surface area contributed by atoms with Crippen molar-refractivity contribution in [2.24, 2.45) is 0 Å². The number of β-amino-alcohol motifs (C(OH)–C–C–N with tert-alkyl or cyclic N) is 1. The lowest BCUT2D eigenvalue weighted by atomic mass is 9.77. The molecule has 144 valence electrons. The molecule has 1 aromatic carbocycles. The monoisotopic (exact) mass is 375 g/mol. The van der Waals surface area contributed by atoms with E-state index < -0.39 is 17.2 Å². The topological polar surface area (TPSA) is 69.5 Å². The SMILES string of the molecule is CC1(O)CCN(C(c2ccccc2)C(O)(c2cccnc2)c2cccnc2)C1. The fourth-order valence-electron chi connectivity index (χ4n) is 4.21. The number of nitrogens with zero attached hydrogens (tertiary/aromatic N) is 3. The molecule has 5 nitrogen and oxygen atoms in total. The number of aromatic nitrogens is 2. The van der Waals surface area contributed by atoms with Crippen molar-refractivity contribution < 1.29 is 10.2 Å². The Hall–Kier alpha value is -2.60. The maximum Gasteiger partial charge on any atom is 0.137 e. The first-order chi connectivity index (χ1) is 13.5. The number of benzene rings is 1. The van der Waals surface area contributed by atoms with Gasteiger partial charge in [0.1, 0.15) is 5.60 Å². The fourth-order valence-corrected chi connectivity index (χ4v) is 4.21. The molecule has 0 bridgehead atoms. The number of rotatable bonds is 5. The highest BCUT2D eigenvalue weighted by molar-refractivity contribution is 5.39. The summed E-state index contributed by atoms with van der Waals surface area (Å²) in [7, 11) is 0. The van der Waals surface area contributed by atoms with E-state index in [0.717, 1.165) is 5.56 Å². The van der Waals surface area contributed by atoms with Gasteiger partial charge in [0.2, 0.25) is 0 Å². The highest BCUT2D eigenvalue weighted by Gasteiger charge is 2.48. The van der Waals surface area contributed by atoms with Crippen LogP contribution in [0.5, 0.6) is 0 Å². The van der Waals surface area contributed by atoms with Crippen molar-refractivity contribution in [3.63, 3.8) is 0 Å². The van der Waals surface area contributed by atoms with Crippen LogP contribution in [0.15, 0.2) is 79.4 Å². The summed E-state index contributed by atoms with van der Waals surface area (Å²) in [6.45, 7) is 3.02. The third-order valence-corrected chi connectivity index (χ3v) is 5.56. The summed E-state index contributed by atoms with van der Waals surface area (Å²) < 4.78 is 0. The van der Waals surface area contributed by atoms with Crippen molar-refractivity contribution in [1.82, 2.24) is 14.9 Å². The van der Waals surface area contributed by atoms with Gasteiger partial charge < -0.3 is 10.2 Å². The zero-order valence-electron chi connectivity index (χ0n) is 15.9. The lowest BCUT2D eigenvalue weighted by molar-refractivity contribution is -0.0262. The van der Waals surface area contributed by atoms with Gasteiger partial charge in [0.15, 0.2) is 0 Å². The molecular weight excluding hydrogens is 350 g/mol. The summed E-state index contributed by atoms with van der Waals surface area (Å²) in [5.74, 6) is 0. The Bertz CT molecular complexity index is 861. The van der Waals surface area contributed by atoms with Crippen molar-refractivity contribution in [2.75, 3.05) is 13.1 Å². The second-order valence-corrected chi connectivity index (χ2v) is 7.78. The van der Waals surface area contributed by atoms with Gasteiger partial charge in [-0.25, -0.2) is 0 Å². The van der Waals surface area contributed by atoms with Crippen LogP contribution in [0.25, 0.3) is 0 Å². The van der Waals surface area contributed by atoms with Gasteiger partial charge >= 0.3 is 0 Å². The molecule has 3 heterocycles. The summed E-state index contributed by atoms with van der Waals surface area (Å²) in [6, 6.07) is 17.0. The highest BCUT2D eigenvalue weighted by atomic mass is 16.3. The first-order valence-electron chi connectivity index (χ1n) is 9.55. The molecule has 2 atom stereocenters. The van der Waals surface area contributed by atoms with Crippen LogP contribution >= 0.6 is 0 Å². The lowest BCUT2D eigenvalue weighted by Crippen LogP contribution is -2.45. The van der Waals surface area contributed by atoms with Crippen molar-refractivity contribution >= 4 is 0 Å². The van der Waals surface area contributed by atoms with Gasteiger partial charge in [-0.15, -0.1) is 0 Å². The molecule has 3 aromatic rings. The molecule has 1 aliphatic heterocycles. The van der Waals surface area contributed by atoms with Gasteiger partial charge in [-0.3, -0.25) is 14.9 Å². The van der Waals surface area contributed by atoms with E-state index in [0.29, 0.717) is 30.6 Å². The van der Waals surface area contributed by atoms with E-state index in [2.05, 4.69) is 14.9 Å². The molecule has 1 fully saturated rings. The van der Waals surface area contributed by atoms with Gasteiger partial charge in [0.25, 0.3) is 0 Å². The van der Waals surface area contributed by atoms with Crippen LogP contribution in [0.2, 0.25) is 0 Å². The third kappa shape index (κ3) is 3.44. The van der Waals surface area contributed by atoms with Crippen LogP contribution < -0.4 is 0 Å². The maximum atomic E-state index is 12.3. The molecule has 5 heteroatoms. The molecule has 0 saturated carbocycles.